The minimum atomic E-state index is -0.502. The van der Waals surface area contributed by atoms with Crippen molar-refractivity contribution < 1.29 is 8.78 Å². The summed E-state index contributed by atoms with van der Waals surface area (Å²) in [5.74, 6) is -0.988. The Balaban J connectivity index is 2.26. The Labute approximate surface area is 91.7 Å². The van der Waals surface area contributed by atoms with E-state index in [1.165, 1.54) is 0 Å². The summed E-state index contributed by atoms with van der Waals surface area (Å²) in [7, 11) is 0. The third-order valence-corrected chi connectivity index (χ3v) is 2.12. The molecule has 0 bridgehead atoms. The van der Waals surface area contributed by atoms with Crippen molar-refractivity contribution in [2.45, 2.75) is 0 Å². The van der Waals surface area contributed by atoms with Crippen LogP contribution in [0, 0.1) is 11.6 Å². The normalized spacial score (nSPS) is 10.1. The van der Waals surface area contributed by atoms with Gasteiger partial charge >= 0.3 is 0 Å². The number of nitrogen functional groups attached to an aromatic ring is 1. The van der Waals surface area contributed by atoms with Crippen LogP contribution in [0.15, 0.2) is 42.5 Å². The molecule has 2 aromatic rings. The molecule has 0 saturated carbocycles. The zero-order valence-electron chi connectivity index (χ0n) is 8.37. The fourth-order valence-electron chi connectivity index (χ4n) is 1.32. The number of nitrogens with one attached hydrogen (secondary N) is 1. The summed E-state index contributed by atoms with van der Waals surface area (Å²) < 4.78 is 26.2. The highest BCUT2D eigenvalue weighted by Crippen LogP contribution is 2.21. The van der Waals surface area contributed by atoms with E-state index >= 15 is 0 Å². The standard InChI is InChI=1S/C12H10F2N2/c13-8-1-6-11(14)12(7-8)16-10-4-2-9(15)3-5-10/h1-7,16H,15H2. The van der Waals surface area contributed by atoms with E-state index in [9.17, 15) is 8.78 Å². The topological polar surface area (TPSA) is 38.0 Å². The molecule has 82 valence electrons. The molecule has 0 aliphatic heterocycles. The molecule has 0 atom stereocenters. The monoisotopic (exact) mass is 220 g/mol. The van der Waals surface area contributed by atoms with Crippen molar-refractivity contribution in [3.8, 4) is 0 Å². The summed E-state index contributed by atoms with van der Waals surface area (Å²) >= 11 is 0. The van der Waals surface area contributed by atoms with E-state index in [4.69, 9.17) is 5.73 Å². The molecule has 0 spiro atoms. The van der Waals surface area contributed by atoms with Gasteiger partial charge in [0.25, 0.3) is 0 Å². The molecule has 0 radical (unpaired) electrons. The fourth-order valence-corrected chi connectivity index (χ4v) is 1.32. The van der Waals surface area contributed by atoms with Gasteiger partial charge in [-0.2, -0.15) is 0 Å². The molecule has 2 rings (SSSR count). The van der Waals surface area contributed by atoms with Crippen molar-refractivity contribution in [2.75, 3.05) is 11.1 Å². The summed E-state index contributed by atoms with van der Waals surface area (Å²) in [6, 6.07) is 10.0. The largest absolute Gasteiger partial charge is 0.399 e. The molecule has 0 heterocycles. The van der Waals surface area contributed by atoms with Crippen LogP contribution in [0.25, 0.3) is 0 Å². The van der Waals surface area contributed by atoms with Gasteiger partial charge in [-0.3, -0.25) is 0 Å². The zero-order valence-corrected chi connectivity index (χ0v) is 8.37. The van der Waals surface area contributed by atoms with E-state index in [2.05, 4.69) is 5.32 Å². The van der Waals surface area contributed by atoms with Crippen LogP contribution in [-0.4, -0.2) is 0 Å². The first-order chi connectivity index (χ1) is 7.65. The lowest BCUT2D eigenvalue weighted by Crippen LogP contribution is -1.95. The number of hydrogen-bond acceptors (Lipinski definition) is 2. The molecule has 0 fully saturated rings. The summed E-state index contributed by atoms with van der Waals surface area (Å²) in [4.78, 5) is 0. The molecule has 0 aliphatic carbocycles. The second-order valence-corrected chi connectivity index (χ2v) is 3.37. The highest BCUT2D eigenvalue weighted by molar-refractivity contribution is 5.62. The maximum atomic E-state index is 13.3. The van der Waals surface area contributed by atoms with Crippen LogP contribution < -0.4 is 11.1 Å². The van der Waals surface area contributed by atoms with Crippen LogP contribution >= 0.6 is 0 Å². The number of rotatable bonds is 2. The van der Waals surface area contributed by atoms with Crippen molar-refractivity contribution >= 4 is 17.1 Å². The van der Waals surface area contributed by atoms with E-state index in [0.717, 1.165) is 18.2 Å². The van der Waals surface area contributed by atoms with E-state index in [0.29, 0.717) is 11.4 Å². The fraction of sp³-hybridized carbons (Fsp3) is 0. The maximum absolute atomic E-state index is 13.3. The predicted molar refractivity (Wildman–Crippen MR) is 60.5 cm³/mol. The van der Waals surface area contributed by atoms with Crippen molar-refractivity contribution in [2.24, 2.45) is 0 Å². The van der Waals surface area contributed by atoms with Gasteiger partial charge in [-0.1, -0.05) is 0 Å². The first kappa shape index (κ1) is 10.4. The smallest absolute Gasteiger partial charge is 0.146 e. The van der Waals surface area contributed by atoms with E-state index in [-0.39, 0.29) is 5.69 Å². The summed E-state index contributed by atoms with van der Waals surface area (Å²) in [6.07, 6.45) is 0. The van der Waals surface area contributed by atoms with E-state index in [1.54, 1.807) is 24.3 Å². The zero-order chi connectivity index (χ0) is 11.5. The third-order valence-electron chi connectivity index (χ3n) is 2.12. The van der Waals surface area contributed by atoms with Crippen molar-refractivity contribution in [1.29, 1.82) is 0 Å². The molecule has 2 nitrogen and oxygen atoms in total. The lowest BCUT2D eigenvalue weighted by Gasteiger charge is -2.07. The van der Waals surface area contributed by atoms with E-state index in [1.807, 2.05) is 0 Å². The first-order valence-corrected chi connectivity index (χ1v) is 4.73. The van der Waals surface area contributed by atoms with Gasteiger partial charge in [0.2, 0.25) is 0 Å². The molecule has 4 heteroatoms. The molecular formula is C12H10F2N2. The van der Waals surface area contributed by atoms with Crippen molar-refractivity contribution in [3.63, 3.8) is 0 Å². The Bertz CT molecular complexity index is 495. The molecule has 2 aromatic carbocycles. The van der Waals surface area contributed by atoms with Crippen LogP contribution in [-0.2, 0) is 0 Å². The predicted octanol–water partition coefficient (Wildman–Crippen LogP) is 3.29. The lowest BCUT2D eigenvalue weighted by atomic mass is 10.2. The number of benzene rings is 2. The molecular weight excluding hydrogens is 210 g/mol. The van der Waals surface area contributed by atoms with Gasteiger partial charge in [-0.05, 0) is 36.4 Å². The lowest BCUT2D eigenvalue weighted by molar-refractivity contribution is 0.603. The highest BCUT2D eigenvalue weighted by Gasteiger charge is 2.03. The van der Waals surface area contributed by atoms with Gasteiger partial charge in [-0.15, -0.1) is 0 Å². The SMILES string of the molecule is Nc1ccc(Nc2cc(F)ccc2F)cc1. The Hall–Kier alpha value is -2.10. The quantitative estimate of drug-likeness (QED) is 0.762. The Morgan fingerprint density at radius 3 is 2.31 bits per heavy atom. The van der Waals surface area contributed by atoms with Crippen LogP contribution in [0.3, 0.4) is 0 Å². The minimum absolute atomic E-state index is 0.102. The summed E-state index contributed by atoms with van der Waals surface area (Å²) in [5, 5.41) is 2.77. The van der Waals surface area contributed by atoms with Gasteiger partial charge in [0.05, 0.1) is 5.69 Å². The Kier molecular flexibility index (Phi) is 2.72. The van der Waals surface area contributed by atoms with Gasteiger partial charge in [0.1, 0.15) is 11.6 Å². The van der Waals surface area contributed by atoms with Crippen LogP contribution in [0.5, 0.6) is 0 Å². The van der Waals surface area contributed by atoms with Crippen molar-refractivity contribution in [3.05, 3.63) is 54.1 Å². The molecule has 0 aliphatic rings. The molecule has 0 unspecified atom stereocenters. The second-order valence-electron chi connectivity index (χ2n) is 3.37. The maximum Gasteiger partial charge on any atom is 0.146 e. The Morgan fingerprint density at radius 2 is 1.62 bits per heavy atom. The third kappa shape index (κ3) is 2.28. The average molecular weight is 220 g/mol. The highest BCUT2D eigenvalue weighted by atomic mass is 19.1. The second kappa shape index (κ2) is 4.18. The van der Waals surface area contributed by atoms with Gasteiger partial charge in [-0.25, -0.2) is 8.78 Å². The molecule has 16 heavy (non-hydrogen) atoms. The van der Waals surface area contributed by atoms with Crippen LogP contribution in [0.4, 0.5) is 25.8 Å². The molecule has 0 amide bonds. The molecule has 0 aromatic heterocycles. The van der Waals surface area contributed by atoms with Gasteiger partial charge < -0.3 is 11.1 Å². The van der Waals surface area contributed by atoms with Gasteiger partial charge in [0.15, 0.2) is 0 Å². The van der Waals surface area contributed by atoms with Gasteiger partial charge in [0, 0.05) is 17.4 Å². The summed E-state index contributed by atoms with van der Waals surface area (Å²) in [6.45, 7) is 0. The molecule has 0 saturated heterocycles. The number of hydrogen-bond donors (Lipinski definition) is 2. The minimum Gasteiger partial charge on any atom is -0.399 e. The van der Waals surface area contributed by atoms with Crippen LogP contribution in [0.2, 0.25) is 0 Å². The van der Waals surface area contributed by atoms with Crippen LogP contribution in [0.1, 0.15) is 0 Å². The van der Waals surface area contributed by atoms with E-state index < -0.39 is 11.6 Å². The summed E-state index contributed by atoms with van der Waals surface area (Å²) in [5.41, 5.74) is 6.88. The average Bonchev–Trinajstić information content (AvgIpc) is 2.27. The van der Waals surface area contributed by atoms with Crippen molar-refractivity contribution in [1.82, 2.24) is 0 Å². The molecule has 3 N–H and O–H groups in total. The number of nitrogens with two attached hydrogens (primary N) is 1. The number of halogens is 2. The first-order valence-electron chi connectivity index (χ1n) is 4.73. The number of anilines is 3. The Morgan fingerprint density at radius 1 is 0.938 bits per heavy atom.